The number of ether oxygens (including phenoxy) is 2. The summed E-state index contributed by atoms with van der Waals surface area (Å²) < 4.78 is 34.6. The molecule has 55 heavy (non-hydrogen) atoms. The van der Waals surface area contributed by atoms with Crippen molar-refractivity contribution >= 4 is 13.8 Å². The highest BCUT2D eigenvalue weighted by Gasteiger charge is 2.20. The number of hydrogen-bond donors (Lipinski definition) is 0. The minimum Gasteiger partial charge on any atom is -0.756 e. The normalized spacial score (nSPS) is 13.8. The monoisotopic (exact) mass is 802 g/mol. The van der Waals surface area contributed by atoms with Gasteiger partial charge in [-0.05, 0) is 38.5 Å². The Morgan fingerprint density at radius 1 is 0.545 bits per heavy atom. The number of esters is 1. The molecule has 0 bridgehead atoms. The number of phosphoric ester groups is 1. The van der Waals surface area contributed by atoms with Crippen molar-refractivity contribution in [2.75, 3.05) is 54.1 Å². The SMILES string of the molecule is CCCCCC/C=C\CCCCCCCCOCC(COP(=O)([O-])OCC[N+](C)(C)C)OC(=O)CCCCCCCCCCCCCCCCCCCCC. The van der Waals surface area contributed by atoms with Crippen LogP contribution in [0.3, 0.4) is 0 Å². The second kappa shape index (κ2) is 40.0. The molecule has 0 amide bonds. The number of nitrogens with zero attached hydrogens (tertiary/aromatic N) is 1. The quantitative estimate of drug-likeness (QED) is 0.0199. The van der Waals surface area contributed by atoms with Crippen molar-refractivity contribution in [1.29, 1.82) is 0 Å². The molecule has 0 radical (unpaired) electrons. The lowest BCUT2D eigenvalue weighted by molar-refractivity contribution is -0.870. The first-order chi connectivity index (χ1) is 26.6. The fourth-order valence-corrected chi connectivity index (χ4v) is 7.39. The predicted octanol–water partition coefficient (Wildman–Crippen LogP) is 13.2. The number of unbranched alkanes of at least 4 members (excludes halogenated alkanes) is 28. The van der Waals surface area contributed by atoms with E-state index < -0.39 is 13.9 Å². The van der Waals surface area contributed by atoms with Gasteiger partial charge in [0.15, 0.2) is 0 Å². The average Bonchev–Trinajstić information content (AvgIpc) is 3.13. The van der Waals surface area contributed by atoms with E-state index in [2.05, 4.69) is 26.0 Å². The number of allylic oxidation sites excluding steroid dienone is 2. The molecule has 2 atom stereocenters. The molecule has 0 N–H and O–H groups in total. The first kappa shape index (κ1) is 54.2. The lowest BCUT2D eigenvalue weighted by Crippen LogP contribution is -2.37. The summed E-state index contributed by atoms with van der Waals surface area (Å²) in [6, 6.07) is 0. The zero-order valence-electron chi connectivity index (χ0n) is 37.1. The first-order valence-electron chi connectivity index (χ1n) is 23.4. The zero-order valence-corrected chi connectivity index (χ0v) is 38.0. The third-order valence-electron chi connectivity index (χ3n) is 10.3. The van der Waals surface area contributed by atoms with E-state index in [4.69, 9.17) is 18.5 Å². The van der Waals surface area contributed by atoms with Gasteiger partial charge in [-0.25, -0.2) is 0 Å². The molecule has 0 fully saturated rings. The molecule has 0 saturated carbocycles. The third kappa shape index (κ3) is 44.2. The maximum Gasteiger partial charge on any atom is 0.306 e. The van der Waals surface area contributed by atoms with Crippen molar-refractivity contribution in [3.05, 3.63) is 12.2 Å². The minimum atomic E-state index is -4.52. The maximum absolute atomic E-state index is 12.7. The van der Waals surface area contributed by atoms with Crippen molar-refractivity contribution in [2.45, 2.75) is 225 Å². The van der Waals surface area contributed by atoms with Crippen LogP contribution in [0.25, 0.3) is 0 Å². The second-order valence-corrected chi connectivity index (χ2v) is 18.5. The van der Waals surface area contributed by atoms with E-state index in [1.165, 1.54) is 167 Å². The fraction of sp³-hybridized carbons (Fsp3) is 0.935. The van der Waals surface area contributed by atoms with Gasteiger partial charge in [-0.1, -0.05) is 187 Å². The van der Waals surface area contributed by atoms with Crippen molar-refractivity contribution in [3.8, 4) is 0 Å². The van der Waals surface area contributed by atoms with Gasteiger partial charge in [0.2, 0.25) is 0 Å². The Kier molecular flexibility index (Phi) is 39.5. The van der Waals surface area contributed by atoms with E-state index in [1.54, 1.807) is 0 Å². The highest BCUT2D eigenvalue weighted by molar-refractivity contribution is 7.45. The van der Waals surface area contributed by atoms with Crippen molar-refractivity contribution in [3.63, 3.8) is 0 Å². The Balaban J connectivity index is 4.15. The molecule has 0 aliphatic rings. The van der Waals surface area contributed by atoms with E-state index in [0.29, 0.717) is 24.1 Å². The molecule has 0 spiro atoms. The van der Waals surface area contributed by atoms with Crippen LogP contribution < -0.4 is 4.89 Å². The summed E-state index contributed by atoms with van der Waals surface area (Å²) in [4.78, 5) is 25.1. The molecule has 0 saturated heterocycles. The molecule has 0 heterocycles. The molecule has 328 valence electrons. The van der Waals surface area contributed by atoms with Crippen LogP contribution in [0, 0.1) is 0 Å². The summed E-state index contributed by atoms with van der Waals surface area (Å²) >= 11 is 0. The molecule has 9 heteroatoms. The van der Waals surface area contributed by atoms with E-state index in [1.807, 2.05) is 21.1 Å². The van der Waals surface area contributed by atoms with Crippen LogP contribution >= 0.6 is 7.82 Å². The maximum atomic E-state index is 12.7. The fourth-order valence-electron chi connectivity index (χ4n) is 6.66. The summed E-state index contributed by atoms with van der Waals surface area (Å²) in [5, 5.41) is 0. The van der Waals surface area contributed by atoms with Gasteiger partial charge in [-0.15, -0.1) is 0 Å². The van der Waals surface area contributed by atoms with Gasteiger partial charge in [-0.3, -0.25) is 9.36 Å². The Hall–Kier alpha value is -0.760. The summed E-state index contributed by atoms with van der Waals surface area (Å²) in [5.74, 6) is -0.331. The number of phosphoric acid groups is 1. The van der Waals surface area contributed by atoms with E-state index in [0.717, 1.165) is 32.1 Å². The van der Waals surface area contributed by atoms with Crippen LogP contribution in [0.2, 0.25) is 0 Å². The lowest BCUT2D eigenvalue weighted by atomic mass is 10.0. The topological polar surface area (TPSA) is 94.1 Å². The molecule has 0 aliphatic heterocycles. The van der Waals surface area contributed by atoms with Crippen molar-refractivity contribution in [2.24, 2.45) is 0 Å². The van der Waals surface area contributed by atoms with Gasteiger partial charge >= 0.3 is 5.97 Å². The predicted molar refractivity (Wildman–Crippen MR) is 231 cm³/mol. The number of carbonyl (C=O) groups is 1. The molecule has 0 aromatic rings. The molecular weight excluding hydrogens is 709 g/mol. The highest BCUT2D eigenvalue weighted by atomic mass is 31.2. The minimum absolute atomic E-state index is 0.0282. The van der Waals surface area contributed by atoms with Gasteiger partial charge in [0.25, 0.3) is 7.82 Å². The number of likely N-dealkylation sites (N-methyl/N-ethyl adjacent to an activating group) is 1. The number of quaternary nitrogens is 1. The van der Waals surface area contributed by atoms with Crippen LogP contribution in [0.5, 0.6) is 0 Å². The van der Waals surface area contributed by atoms with Crippen LogP contribution in [0.15, 0.2) is 12.2 Å². The first-order valence-corrected chi connectivity index (χ1v) is 24.9. The van der Waals surface area contributed by atoms with Crippen LogP contribution in [0.1, 0.15) is 219 Å². The summed E-state index contributed by atoms with van der Waals surface area (Å²) in [6.07, 6.45) is 43.6. The van der Waals surface area contributed by atoms with Gasteiger partial charge in [0.05, 0.1) is 34.4 Å². The van der Waals surface area contributed by atoms with Crippen molar-refractivity contribution < 1.29 is 37.3 Å². The van der Waals surface area contributed by atoms with Crippen LogP contribution in [-0.2, 0) is 27.9 Å². The Labute approximate surface area is 341 Å². The molecule has 0 aromatic heterocycles. The number of hydrogen-bond acceptors (Lipinski definition) is 7. The van der Waals surface area contributed by atoms with Gasteiger partial charge < -0.3 is 27.9 Å². The summed E-state index contributed by atoms with van der Waals surface area (Å²) in [5.41, 5.74) is 0. The molecule has 8 nitrogen and oxygen atoms in total. The van der Waals surface area contributed by atoms with Crippen LogP contribution in [0.4, 0.5) is 0 Å². The molecule has 2 unspecified atom stereocenters. The Morgan fingerprint density at radius 3 is 1.40 bits per heavy atom. The van der Waals surface area contributed by atoms with Crippen LogP contribution in [-0.4, -0.2) is 70.7 Å². The smallest absolute Gasteiger partial charge is 0.306 e. The highest BCUT2D eigenvalue weighted by Crippen LogP contribution is 2.38. The molecular formula is C46H92NO7P. The second-order valence-electron chi connectivity index (χ2n) is 17.1. The number of carbonyl (C=O) groups excluding carboxylic acids is 1. The standard InChI is InChI=1S/C46H92NO7P/c1-6-8-10-12-14-16-18-20-22-23-24-25-26-27-29-31-33-35-37-39-46(48)54-45(44-53-55(49,50)52-42-40-47(3,4)5)43-51-41-38-36-34-32-30-28-21-19-17-15-13-11-9-7-2/h17,19,45H,6-16,18,20-44H2,1-5H3/b19-17-. The largest absolute Gasteiger partial charge is 0.756 e. The Bertz CT molecular complexity index is 894. The summed E-state index contributed by atoms with van der Waals surface area (Å²) in [6.45, 7) is 5.43. The molecule has 0 rings (SSSR count). The van der Waals surface area contributed by atoms with E-state index in [-0.39, 0.29) is 25.8 Å². The average molecular weight is 802 g/mol. The molecule has 0 aliphatic carbocycles. The molecule has 0 aromatic carbocycles. The lowest BCUT2D eigenvalue weighted by Gasteiger charge is -2.28. The Morgan fingerprint density at radius 2 is 0.945 bits per heavy atom. The van der Waals surface area contributed by atoms with E-state index >= 15 is 0 Å². The third-order valence-corrected chi connectivity index (χ3v) is 11.3. The number of rotatable bonds is 44. The van der Waals surface area contributed by atoms with Gasteiger partial charge in [-0.2, -0.15) is 0 Å². The van der Waals surface area contributed by atoms with Crippen molar-refractivity contribution in [1.82, 2.24) is 0 Å². The zero-order chi connectivity index (χ0) is 40.6. The summed E-state index contributed by atoms with van der Waals surface area (Å²) in [7, 11) is 1.36. The van der Waals surface area contributed by atoms with E-state index in [9.17, 15) is 14.3 Å². The van der Waals surface area contributed by atoms with Gasteiger partial charge in [0.1, 0.15) is 19.3 Å². The van der Waals surface area contributed by atoms with Gasteiger partial charge in [0, 0.05) is 13.0 Å².